The van der Waals surface area contributed by atoms with Crippen LogP contribution in [0.5, 0.6) is 0 Å². The van der Waals surface area contributed by atoms with Crippen molar-refractivity contribution in [2.45, 2.75) is 83.5 Å². The number of unbranched alkanes of at least 4 members (excludes halogenated alkanes) is 3. The van der Waals surface area contributed by atoms with E-state index in [1.54, 1.807) is 12.1 Å². The molecular formula is C21H35FSi. The average Bonchev–Trinajstić information content (AvgIpc) is 2.57. The van der Waals surface area contributed by atoms with Crippen molar-refractivity contribution in [2.24, 2.45) is 0 Å². The van der Waals surface area contributed by atoms with E-state index in [2.05, 4.69) is 27.4 Å². The molecule has 1 aromatic rings. The van der Waals surface area contributed by atoms with Crippen molar-refractivity contribution in [1.82, 2.24) is 0 Å². The first-order valence-electron chi connectivity index (χ1n) is 9.51. The molecule has 0 amide bonds. The van der Waals surface area contributed by atoms with Crippen molar-refractivity contribution in [3.05, 3.63) is 41.7 Å². The molecule has 0 radical (unpaired) electrons. The highest BCUT2D eigenvalue weighted by Gasteiger charge is 2.31. The van der Waals surface area contributed by atoms with E-state index < -0.39 is 8.07 Å². The summed E-state index contributed by atoms with van der Waals surface area (Å²) in [5.74, 6) is -0.147. The van der Waals surface area contributed by atoms with Crippen LogP contribution < -0.4 is 0 Å². The minimum atomic E-state index is -1.33. The van der Waals surface area contributed by atoms with E-state index in [1.165, 1.54) is 68.3 Å². The fourth-order valence-corrected chi connectivity index (χ4v) is 9.34. The molecule has 1 aromatic carbocycles. The minimum Gasteiger partial charge on any atom is -0.207 e. The number of rotatable bonds is 12. The molecule has 0 spiro atoms. The second-order valence-electron chi connectivity index (χ2n) is 7.03. The van der Waals surface area contributed by atoms with Crippen LogP contribution in [0.15, 0.2) is 24.8 Å². The standard InChI is InChI=1S/C21H35FSi/c1-5-9-14-23(15-10-6-2,16-11-7-3)18-20-12-13-21(22)17-19(20)8-4/h8,12-13,17H,4-7,9-11,14-16,18H2,1-3H3. The first-order chi connectivity index (χ1) is 11.1. The van der Waals surface area contributed by atoms with E-state index in [9.17, 15) is 4.39 Å². The maximum absolute atomic E-state index is 13.5. The van der Waals surface area contributed by atoms with E-state index >= 15 is 0 Å². The van der Waals surface area contributed by atoms with Gasteiger partial charge in [-0.1, -0.05) is 96.1 Å². The highest BCUT2D eigenvalue weighted by atomic mass is 28.3. The van der Waals surface area contributed by atoms with Crippen LogP contribution in [0.25, 0.3) is 6.08 Å². The van der Waals surface area contributed by atoms with Gasteiger partial charge < -0.3 is 0 Å². The summed E-state index contributed by atoms with van der Waals surface area (Å²) in [6, 6.07) is 10.8. The van der Waals surface area contributed by atoms with E-state index in [0.29, 0.717) is 0 Å². The number of hydrogen-bond donors (Lipinski definition) is 0. The molecule has 0 saturated heterocycles. The topological polar surface area (TPSA) is 0 Å². The van der Waals surface area contributed by atoms with Gasteiger partial charge in [-0.05, 0) is 29.3 Å². The van der Waals surface area contributed by atoms with Crippen molar-refractivity contribution in [3.63, 3.8) is 0 Å². The Morgan fingerprint density at radius 2 is 1.48 bits per heavy atom. The average molecular weight is 335 g/mol. The monoisotopic (exact) mass is 334 g/mol. The van der Waals surface area contributed by atoms with Gasteiger partial charge in [-0.3, -0.25) is 0 Å². The summed E-state index contributed by atoms with van der Waals surface area (Å²) in [6.07, 6.45) is 9.73. The van der Waals surface area contributed by atoms with Crippen LogP contribution in [0.3, 0.4) is 0 Å². The second kappa shape index (κ2) is 10.8. The van der Waals surface area contributed by atoms with Crippen molar-refractivity contribution >= 4 is 14.1 Å². The van der Waals surface area contributed by atoms with Crippen molar-refractivity contribution < 1.29 is 4.39 Å². The normalized spacial score (nSPS) is 11.7. The van der Waals surface area contributed by atoms with Gasteiger partial charge in [-0.2, -0.15) is 0 Å². The van der Waals surface area contributed by atoms with Gasteiger partial charge in [0.25, 0.3) is 0 Å². The molecule has 0 N–H and O–H groups in total. The highest BCUT2D eigenvalue weighted by molar-refractivity contribution is 6.79. The van der Waals surface area contributed by atoms with E-state index in [0.717, 1.165) is 5.56 Å². The van der Waals surface area contributed by atoms with Crippen LogP contribution in [-0.2, 0) is 6.04 Å². The van der Waals surface area contributed by atoms with E-state index in [-0.39, 0.29) is 5.82 Å². The maximum atomic E-state index is 13.5. The van der Waals surface area contributed by atoms with Crippen LogP contribution in [0.2, 0.25) is 18.1 Å². The summed E-state index contributed by atoms with van der Waals surface area (Å²) in [6.45, 7) is 10.8. The molecule has 130 valence electrons. The molecular weight excluding hydrogens is 299 g/mol. The summed E-state index contributed by atoms with van der Waals surface area (Å²) in [5.41, 5.74) is 2.34. The zero-order valence-corrected chi connectivity index (χ0v) is 16.5. The Hall–Kier alpha value is -0.893. The Kier molecular flexibility index (Phi) is 9.46. The van der Waals surface area contributed by atoms with Gasteiger partial charge >= 0.3 is 0 Å². The number of hydrogen-bond acceptors (Lipinski definition) is 0. The van der Waals surface area contributed by atoms with Gasteiger partial charge in [-0.25, -0.2) is 4.39 Å². The Bertz CT molecular complexity index is 445. The van der Waals surface area contributed by atoms with Crippen LogP contribution in [0.1, 0.15) is 70.4 Å². The van der Waals surface area contributed by atoms with Gasteiger partial charge in [0.05, 0.1) is 8.07 Å². The van der Waals surface area contributed by atoms with Gasteiger partial charge in [0, 0.05) is 0 Å². The van der Waals surface area contributed by atoms with Crippen molar-refractivity contribution in [3.8, 4) is 0 Å². The van der Waals surface area contributed by atoms with Gasteiger partial charge in [0.1, 0.15) is 5.82 Å². The smallest absolute Gasteiger partial charge is 0.123 e. The molecule has 0 bridgehead atoms. The van der Waals surface area contributed by atoms with E-state index in [4.69, 9.17) is 0 Å². The molecule has 0 aliphatic rings. The molecule has 0 fully saturated rings. The van der Waals surface area contributed by atoms with Crippen LogP contribution in [-0.4, -0.2) is 8.07 Å². The minimum absolute atomic E-state index is 0.147. The van der Waals surface area contributed by atoms with E-state index in [1.807, 2.05) is 12.1 Å². The Labute approximate surface area is 144 Å². The van der Waals surface area contributed by atoms with Crippen molar-refractivity contribution in [1.29, 1.82) is 0 Å². The third kappa shape index (κ3) is 6.62. The van der Waals surface area contributed by atoms with Crippen LogP contribution in [0.4, 0.5) is 4.39 Å². The summed E-state index contributed by atoms with van der Waals surface area (Å²) in [4.78, 5) is 0. The van der Waals surface area contributed by atoms with Gasteiger partial charge in [0.15, 0.2) is 0 Å². The lowest BCUT2D eigenvalue weighted by molar-refractivity contribution is 0.627. The summed E-state index contributed by atoms with van der Waals surface area (Å²) in [5, 5.41) is 0. The Morgan fingerprint density at radius 1 is 0.957 bits per heavy atom. The Balaban J connectivity index is 3.06. The zero-order chi connectivity index (χ0) is 17.1. The largest absolute Gasteiger partial charge is 0.207 e. The molecule has 0 aliphatic carbocycles. The molecule has 0 atom stereocenters. The third-order valence-electron chi connectivity index (χ3n) is 5.08. The lowest BCUT2D eigenvalue weighted by atomic mass is 10.1. The molecule has 0 unspecified atom stereocenters. The predicted octanol–water partition coefficient (Wildman–Crippen LogP) is 7.40. The highest BCUT2D eigenvalue weighted by Crippen LogP contribution is 2.33. The molecule has 0 nitrogen and oxygen atoms in total. The molecule has 0 aromatic heterocycles. The van der Waals surface area contributed by atoms with Gasteiger partial charge in [-0.15, -0.1) is 0 Å². The molecule has 23 heavy (non-hydrogen) atoms. The lowest BCUT2D eigenvalue weighted by Gasteiger charge is -2.33. The first kappa shape index (κ1) is 20.2. The number of benzene rings is 1. The SMILES string of the molecule is C=Cc1cc(F)ccc1C[Si](CCCC)(CCCC)CCCC. The first-order valence-corrected chi connectivity index (χ1v) is 12.3. The summed E-state index contributed by atoms with van der Waals surface area (Å²) < 4.78 is 13.5. The molecule has 0 heterocycles. The van der Waals surface area contributed by atoms with Crippen LogP contribution in [0, 0.1) is 5.82 Å². The molecule has 0 saturated carbocycles. The molecule has 2 heteroatoms. The second-order valence-corrected chi connectivity index (χ2v) is 11.9. The van der Waals surface area contributed by atoms with Crippen LogP contribution >= 0.6 is 0 Å². The lowest BCUT2D eigenvalue weighted by Crippen LogP contribution is -2.37. The maximum Gasteiger partial charge on any atom is 0.123 e. The zero-order valence-electron chi connectivity index (χ0n) is 15.5. The molecule has 1 rings (SSSR count). The predicted molar refractivity (Wildman–Crippen MR) is 105 cm³/mol. The quantitative estimate of drug-likeness (QED) is 0.349. The van der Waals surface area contributed by atoms with Crippen molar-refractivity contribution in [2.75, 3.05) is 0 Å². The Morgan fingerprint density at radius 3 is 1.91 bits per heavy atom. The fourth-order valence-electron chi connectivity index (χ4n) is 3.62. The summed E-state index contributed by atoms with van der Waals surface area (Å²) in [7, 11) is -1.33. The number of halogens is 1. The fraction of sp³-hybridized carbons (Fsp3) is 0.619. The van der Waals surface area contributed by atoms with Gasteiger partial charge in [0.2, 0.25) is 0 Å². The third-order valence-corrected chi connectivity index (χ3v) is 10.4. The molecule has 0 aliphatic heterocycles. The summed E-state index contributed by atoms with van der Waals surface area (Å²) >= 11 is 0.